The molecule has 0 saturated carbocycles. The predicted octanol–water partition coefficient (Wildman–Crippen LogP) is 15.0. The van der Waals surface area contributed by atoms with E-state index in [0.29, 0.717) is 111 Å². The Hall–Kier alpha value is -14.3. The molecule has 18 rings (SSSR count). The normalized spacial score (nSPS) is 12.6. The van der Waals surface area contributed by atoms with Crippen molar-refractivity contribution in [2.45, 2.75) is 13.0 Å². The highest BCUT2D eigenvalue weighted by atomic mass is 79.9. The topological polar surface area (TPSA) is 329 Å². The number of anilines is 8. The molecule has 2 saturated heterocycles. The van der Waals surface area contributed by atoms with Crippen molar-refractivity contribution >= 4 is 128 Å². The quantitative estimate of drug-likeness (QED) is 0.0306. The first-order valence-corrected chi connectivity index (χ1v) is 41.2. The molecule has 2 fully saturated rings. The maximum absolute atomic E-state index is 14.4. The van der Waals surface area contributed by atoms with Crippen LogP contribution in [0.25, 0.3) is 88.1 Å². The average Bonchev–Trinajstić information content (AvgIpc) is 1.40. The predicted molar refractivity (Wildman–Crippen MR) is 486 cm³/mol. The summed E-state index contributed by atoms with van der Waals surface area (Å²) in [7, 11) is 9.33. The first kappa shape index (κ1) is 85.7. The number of halogens is 5. The Morgan fingerprint density at radius 2 is 0.824 bits per heavy atom. The van der Waals surface area contributed by atoms with Crippen molar-refractivity contribution in [3.05, 3.63) is 245 Å². The third kappa shape index (κ3) is 22.2. The third-order valence-electron chi connectivity index (χ3n) is 20.0. The van der Waals surface area contributed by atoms with Crippen LogP contribution >= 0.6 is 31.9 Å². The Bertz CT molecular complexity index is 6720. The molecule has 2 aliphatic heterocycles. The third-order valence-corrected chi connectivity index (χ3v) is 20.9. The molecule has 125 heavy (non-hydrogen) atoms. The molecule has 0 unspecified atom stereocenters. The molecule has 8 N–H and O–H groups in total. The highest BCUT2D eigenvalue weighted by molar-refractivity contribution is 9.10. The van der Waals surface area contributed by atoms with Crippen LogP contribution in [0.1, 0.15) is 23.1 Å². The molecule has 1 amide bonds. The van der Waals surface area contributed by atoms with Crippen molar-refractivity contribution in [3.8, 4) is 86.4 Å². The minimum absolute atomic E-state index is 0.144. The number of piperazine rings is 1. The number of aromatic nitrogens is 16. The summed E-state index contributed by atoms with van der Waals surface area (Å²) in [5.41, 5.74) is 25.6. The number of hydrogen-bond donors (Lipinski definition) is 6. The van der Waals surface area contributed by atoms with Crippen LogP contribution in [0.4, 0.5) is 59.7 Å². The minimum atomic E-state index is -0.498. The lowest BCUT2D eigenvalue weighted by molar-refractivity contribution is -0.134. The van der Waals surface area contributed by atoms with Gasteiger partial charge in [0.15, 0.2) is 17.5 Å². The van der Waals surface area contributed by atoms with Gasteiger partial charge in [-0.2, -0.15) is 20.4 Å². The first-order valence-electron chi connectivity index (χ1n) is 39.6. The summed E-state index contributed by atoms with van der Waals surface area (Å²) in [6, 6.07) is 38.4. The van der Waals surface area contributed by atoms with Gasteiger partial charge >= 0.3 is 0 Å². The van der Waals surface area contributed by atoms with Crippen LogP contribution in [-0.4, -0.2) is 179 Å². The van der Waals surface area contributed by atoms with Gasteiger partial charge in [-0.15, -0.1) is 12.8 Å². The Kier molecular flexibility index (Phi) is 26.9. The van der Waals surface area contributed by atoms with E-state index >= 15 is 0 Å². The number of benzene rings is 8. The maximum atomic E-state index is 14.4. The van der Waals surface area contributed by atoms with Crippen LogP contribution in [0.5, 0.6) is 17.2 Å². The lowest BCUT2D eigenvalue weighted by Gasteiger charge is -2.32. The monoisotopic (exact) mass is 1810 g/mol. The van der Waals surface area contributed by atoms with Crippen LogP contribution in [0.2, 0.25) is 0 Å². The molecule has 8 aromatic heterocycles. The second-order valence-electron chi connectivity index (χ2n) is 29.5. The SMILES string of the molecule is C#Cc1cc(F)c2nc(Nc3cc(OCCN)cc(-c4cnn(C)c4)c3)ncc2c1.C#Cc1ccc2nc(Nc3cc(CN4CCN(C)C(=O)C4)cc(-c4cnn(C)c4)c3)ncc2c1.Cn1cc(-c2cc(Nc3ncc4cc(Br)cc(F)c4n3)cc(OCCN)c2)cn1.Cn1cc(-c2cc(Nc3ncc4cc(Br)cc(F)c4n3)cc(OCCN3CCC3)c2)cn1. The Balaban J connectivity index is 0.000000129. The van der Waals surface area contributed by atoms with E-state index in [4.69, 9.17) is 38.5 Å². The number of nitrogens with one attached hydrogen (secondary N) is 4. The van der Waals surface area contributed by atoms with E-state index in [2.05, 4.69) is 153 Å². The number of nitrogens with zero attached hydrogens (tertiary/aromatic N) is 19. The van der Waals surface area contributed by atoms with Crippen LogP contribution in [-0.2, 0) is 39.5 Å². The van der Waals surface area contributed by atoms with Crippen LogP contribution in [0.15, 0.2) is 211 Å². The molecule has 29 nitrogen and oxygen atoms in total. The van der Waals surface area contributed by atoms with Crippen molar-refractivity contribution in [3.63, 3.8) is 0 Å². The molecule has 0 atom stereocenters. The highest BCUT2D eigenvalue weighted by Gasteiger charge is 2.23. The molecule has 632 valence electrons. The molecular weight excluding hydrogens is 1720 g/mol. The lowest BCUT2D eigenvalue weighted by atomic mass is 10.0. The fourth-order valence-corrected chi connectivity index (χ4v) is 14.6. The molecule has 2 aliphatic rings. The first-order chi connectivity index (χ1) is 60.6. The van der Waals surface area contributed by atoms with Crippen LogP contribution in [0, 0.1) is 42.1 Å². The summed E-state index contributed by atoms with van der Waals surface area (Å²) in [5, 5.41) is 32.5. The van der Waals surface area contributed by atoms with Gasteiger partial charge in [-0.05, 0) is 157 Å². The fourth-order valence-electron chi connectivity index (χ4n) is 13.7. The van der Waals surface area contributed by atoms with Crippen molar-refractivity contribution in [2.75, 3.05) is 100 Å². The summed E-state index contributed by atoms with van der Waals surface area (Å²) in [6.45, 7) is 8.04. The molecular formula is C91H84Br2F3N25O4. The van der Waals surface area contributed by atoms with Crippen molar-refractivity contribution in [1.82, 2.24) is 93.7 Å². The van der Waals surface area contributed by atoms with Crippen LogP contribution in [0.3, 0.4) is 0 Å². The molecule has 0 spiro atoms. The van der Waals surface area contributed by atoms with E-state index in [1.807, 2.05) is 139 Å². The van der Waals surface area contributed by atoms with E-state index in [1.54, 1.807) is 78.9 Å². The van der Waals surface area contributed by atoms with Gasteiger partial charge in [0, 0.05) is 229 Å². The number of terminal acetylenes is 2. The maximum Gasteiger partial charge on any atom is 0.236 e. The average molecular weight is 1810 g/mol. The summed E-state index contributed by atoms with van der Waals surface area (Å²) in [6.07, 6.45) is 33.5. The number of hydrogen-bond acceptors (Lipinski definition) is 24. The molecule has 10 heterocycles. The number of carbonyl (C=O) groups is 1. The number of carbonyl (C=O) groups excluding carboxylic acids is 1. The van der Waals surface area contributed by atoms with Gasteiger partial charge in [0.25, 0.3) is 0 Å². The fraction of sp³-hybridized carbons (Fsp3) is 0.198. The Morgan fingerprint density at radius 3 is 1.23 bits per heavy atom. The number of nitrogens with two attached hydrogens (primary N) is 2. The summed E-state index contributed by atoms with van der Waals surface area (Å²) < 4.78 is 68.8. The second kappa shape index (κ2) is 39.3. The molecule has 8 aromatic carbocycles. The van der Waals surface area contributed by atoms with Gasteiger partial charge in [-0.1, -0.05) is 43.7 Å². The second-order valence-corrected chi connectivity index (χ2v) is 31.3. The number of likely N-dealkylation sites (N-methyl/N-ethyl adjacent to an activating group) is 1. The zero-order chi connectivity index (χ0) is 87.2. The lowest BCUT2D eigenvalue weighted by Crippen LogP contribution is -2.47. The standard InChI is InChI=1S/C26H25N7O.C23H22BrFN6O.C22H19FN6O.C20H18BrFN6O/c1-4-18-5-6-24-21(9-18)13-27-26(30-24)29-23-11-19(15-33-8-7-31(2)25(34)17-33)10-20(12-23)22-14-28-32(3)16-22;1-30-14-17(13-27-30)15-8-19(11-20(9-15)32-6-5-31-3-2-4-31)28-23-26-12-16-7-18(24)10-21(25)22(16)29-23;1-3-14-6-16-11-25-22(28-21(16)20(23)7-14)27-18-8-15(17-12-26-29(2)13-17)9-19(10-18)30-5-4-24;1-28-11-14(10-25-28)12-5-16(8-17(6-12)29-3-2-23)26-20-24-9-13-4-15(21)7-18(22)19(13)27-20/h1,5-6,9-14,16H,7-8,15,17H2,2-3H3,(H,27,29,30);7-14H,2-6H2,1H3,(H,26,28,29);1,6-13H,4-5,24H2,2H3,(H,25,27,28);4-11H,2-3,23H2,1H3,(H,24,26,27). The van der Waals surface area contributed by atoms with Gasteiger partial charge in [0.1, 0.15) is 53.6 Å². The number of likely N-dealkylation sites (tertiary alicyclic amines) is 1. The number of ether oxygens (including phenoxy) is 3. The van der Waals surface area contributed by atoms with Crippen LogP contribution < -0.4 is 46.9 Å². The number of rotatable bonds is 24. The summed E-state index contributed by atoms with van der Waals surface area (Å²) in [5.74, 6) is 7.26. The van der Waals surface area contributed by atoms with E-state index in [0.717, 1.165) is 116 Å². The highest BCUT2D eigenvalue weighted by Crippen LogP contribution is 2.36. The summed E-state index contributed by atoms with van der Waals surface area (Å²) >= 11 is 6.57. The largest absolute Gasteiger partial charge is 0.492 e. The molecule has 0 aliphatic carbocycles. The van der Waals surface area contributed by atoms with Gasteiger partial charge in [0.2, 0.25) is 29.7 Å². The number of aryl methyl sites for hydroxylation is 4. The zero-order valence-corrected chi connectivity index (χ0v) is 71.7. The number of amides is 1. The van der Waals surface area contributed by atoms with E-state index in [9.17, 15) is 18.0 Å². The van der Waals surface area contributed by atoms with Gasteiger partial charge < -0.3 is 51.8 Å². The zero-order valence-electron chi connectivity index (χ0n) is 68.6. The smallest absolute Gasteiger partial charge is 0.236 e. The summed E-state index contributed by atoms with van der Waals surface area (Å²) in [4.78, 5) is 53.5. The minimum Gasteiger partial charge on any atom is -0.492 e. The van der Waals surface area contributed by atoms with Crippen molar-refractivity contribution in [2.24, 2.45) is 39.7 Å². The molecule has 16 aromatic rings. The van der Waals surface area contributed by atoms with Gasteiger partial charge in [-0.3, -0.25) is 33.3 Å². The van der Waals surface area contributed by atoms with Gasteiger partial charge in [-0.25, -0.2) is 53.0 Å². The van der Waals surface area contributed by atoms with Crippen molar-refractivity contribution < 1.29 is 32.2 Å². The van der Waals surface area contributed by atoms with Crippen molar-refractivity contribution in [1.29, 1.82) is 0 Å². The number of fused-ring (bicyclic) bond motifs is 4. The van der Waals surface area contributed by atoms with E-state index in [-0.39, 0.29) is 34.4 Å². The van der Waals surface area contributed by atoms with E-state index < -0.39 is 17.5 Å². The Labute approximate surface area is 733 Å². The van der Waals surface area contributed by atoms with Gasteiger partial charge in [0.05, 0.1) is 36.8 Å². The molecule has 34 heteroatoms. The molecule has 0 bridgehead atoms. The Morgan fingerprint density at radius 1 is 0.424 bits per heavy atom. The van der Waals surface area contributed by atoms with E-state index in [1.165, 1.54) is 30.8 Å². The molecule has 0 radical (unpaired) electrons.